The molecule has 0 spiro atoms. The number of rotatable bonds is 8. The summed E-state index contributed by atoms with van der Waals surface area (Å²) in [5.74, 6) is 2.73. The van der Waals surface area contributed by atoms with Gasteiger partial charge in [-0.1, -0.05) is 77.2 Å². The van der Waals surface area contributed by atoms with Crippen LogP contribution in [-0.2, 0) is 12.8 Å². The zero-order valence-electron chi connectivity index (χ0n) is 16.2. The minimum Gasteiger partial charge on any atom is -0.207 e. The highest BCUT2D eigenvalue weighted by molar-refractivity contribution is 5.30. The highest BCUT2D eigenvalue weighted by atomic mass is 19.1. The summed E-state index contributed by atoms with van der Waals surface area (Å²) in [6, 6.07) is 5.41. The standard InChI is InChI=1S/C24H37F/c1-2-3-4-5-6-19-7-9-20(10-8-19)11-12-21-13-14-22-15-16-24(25)18-23(22)17-21/h15-16,18-21H,2-14,17H2,1H3. The van der Waals surface area contributed by atoms with Gasteiger partial charge in [0.2, 0.25) is 0 Å². The van der Waals surface area contributed by atoms with Crippen LogP contribution < -0.4 is 0 Å². The first-order valence-electron chi connectivity index (χ1n) is 11.0. The first-order chi connectivity index (χ1) is 12.2. The molecule has 1 unspecified atom stereocenters. The maximum atomic E-state index is 13.5. The number of hydrogen-bond acceptors (Lipinski definition) is 0. The maximum absolute atomic E-state index is 13.5. The number of benzene rings is 1. The molecule has 1 aromatic rings. The molecule has 2 aliphatic carbocycles. The maximum Gasteiger partial charge on any atom is 0.123 e. The first kappa shape index (κ1) is 18.9. The summed E-state index contributed by atoms with van der Waals surface area (Å²) in [5, 5.41) is 0. The average molecular weight is 345 g/mol. The predicted octanol–water partition coefficient (Wildman–Crippen LogP) is 7.49. The van der Waals surface area contributed by atoms with Crippen molar-refractivity contribution in [2.24, 2.45) is 17.8 Å². The lowest BCUT2D eigenvalue weighted by molar-refractivity contribution is 0.233. The van der Waals surface area contributed by atoms with Gasteiger partial charge in [-0.15, -0.1) is 0 Å². The molecule has 1 fully saturated rings. The zero-order chi connectivity index (χ0) is 17.5. The molecule has 0 heterocycles. The van der Waals surface area contributed by atoms with Crippen molar-refractivity contribution in [3.63, 3.8) is 0 Å². The molecule has 0 aliphatic heterocycles. The van der Waals surface area contributed by atoms with E-state index >= 15 is 0 Å². The topological polar surface area (TPSA) is 0 Å². The fraction of sp³-hybridized carbons (Fsp3) is 0.750. The van der Waals surface area contributed by atoms with Crippen LogP contribution in [0.1, 0.15) is 95.1 Å². The van der Waals surface area contributed by atoms with Gasteiger partial charge in [0.25, 0.3) is 0 Å². The summed E-state index contributed by atoms with van der Waals surface area (Å²) in [6.07, 6.45) is 19.4. The lowest BCUT2D eigenvalue weighted by Crippen LogP contribution is -2.18. The number of fused-ring (bicyclic) bond motifs is 1. The van der Waals surface area contributed by atoms with Crippen LogP contribution in [-0.4, -0.2) is 0 Å². The lowest BCUT2D eigenvalue weighted by atomic mass is 9.75. The molecule has 0 radical (unpaired) electrons. The molecular weight excluding hydrogens is 307 g/mol. The Morgan fingerprint density at radius 3 is 2.28 bits per heavy atom. The van der Waals surface area contributed by atoms with Crippen LogP contribution in [0.15, 0.2) is 18.2 Å². The second kappa shape index (κ2) is 9.74. The van der Waals surface area contributed by atoms with E-state index in [0.717, 1.165) is 30.6 Å². The van der Waals surface area contributed by atoms with Crippen molar-refractivity contribution >= 4 is 0 Å². The van der Waals surface area contributed by atoms with E-state index in [4.69, 9.17) is 0 Å². The van der Waals surface area contributed by atoms with Crippen LogP contribution in [0.3, 0.4) is 0 Å². The van der Waals surface area contributed by atoms with E-state index in [9.17, 15) is 4.39 Å². The van der Waals surface area contributed by atoms with Gasteiger partial charge in [-0.05, 0) is 66.7 Å². The molecule has 2 aliphatic rings. The molecule has 1 atom stereocenters. The van der Waals surface area contributed by atoms with E-state index in [0.29, 0.717) is 0 Å². The predicted molar refractivity (Wildman–Crippen MR) is 105 cm³/mol. The van der Waals surface area contributed by atoms with Gasteiger partial charge in [0, 0.05) is 0 Å². The zero-order valence-corrected chi connectivity index (χ0v) is 16.2. The van der Waals surface area contributed by atoms with Gasteiger partial charge in [-0.3, -0.25) is 0 Å². The van der Waals surface area contributed by atoms with Crippen LogP contribution in [0.2, 0.25) is 0 Å². The van der Waals surface area contributed by atoms with Gasteiger partial charge in [-0.25, -0.2) is 4.39 Å². The molecule has 1 aromatic carbocycles. The second-order valence-corrected chi connectivity index (χ2v) is 8.84. The van der Waals surface area contributed by atoms with Gasteiger partial charge in [-0.2, -0.15) is 0 Å². The monoisotopic (exact) mass is 344 g/mol. The van der Waals surface area contributed by atoms with Gasteiger partial charge in [0.1, 0.15) is 5.82 Å². The van der Waals surface area contributed by atoms with Crippen molar-refractivity contribution in [1.29, 1.82) is 0 Å². The minimum absolute atomic E-state index is 0.0586. The second-order valence-electron chi connectivity index (χ2n) is 8.84. The Morgan fingerprint density at radius 2 is 1.52 bits per heavy atom. The van der Waals surface area contributed by atoms with Crippen molar-refractivity contribution in [2.45, 2.75) is 96.8 Å². The Balaban J connectivity index is 1.34. The molecule has 25 heavy (non-hydrogen) atoms. The summed E-state index contributed by atoms with van der Waals surface area (Å²) >= 11 is 0. The third kappa shape index (κ3) is 5.83. The highest BCUT2D eigenvalue weighted by Gasteiger charge is 2.23. The first-order valence-corrected chi connectivity index (χ1v) is 11.0. The highest BCUT2D eigenvalue weighted by Crippen LogP contribution is 2.36. The molecule has 3 rings (SSSR count). The normalized spacial score (nSPS) is 26.4. The van der Waals surface area contributed by atoms with E-state index in [2.05, 4.69) is 6.92 Å². The molecule has 0 aromatic heterocycles. The number of hydrogen-bond donors (Lipinski definition) is 0. The fourth-order valence-corrected chi connectivity index (χ4v) is 5.19. The number of aryl methyl sites for hydroxylation is 1. The number of halogens is 1. The smallest absolute Gasteiger partial charge is 0.123 e. The summed E-state index contributed by atoms with van der Waals surface area (Å²) in [6.45, 7) is 2.30. The van der Waals surface area contributed by atoms with Gasteiger partial charge < -0.3 is 0 Å². The van der Waals surface area contributed by atoms with Crippen LogP contribution in [0.25, 0.3) is 0 Å². The quantitative estimate of drug-likeness (QED) is 0.429. The average Bonchev–Trinajstić information content (AvgIpc) is 2.64. The Bertz CT molecular complexity index is 513. The molecule has 0 saturated heterocycles. The summed E-state index contributed by atoms with van der Waals surface area (Å²) < 4.78 is 13.5. The summed E-state index contributed by atoms with van der Waals surface area (Å²) in [4.78, 5) is 0. The molecule has 0 N–H and O–H groups in total. The molecule has 140 valence electrons. The van der Waals surface area contributed by atoms with Crippen molar-refractivity contribution < 1.29 is 4.39 Å². The van der Waals surface area contributed by atoms with E-state index in [-0.39, 0.29) is 5.82 Å². The minimum atomic E-state index is -0.0586. The molecule has 1 heteroatoms. The van der Waals surface area contributed by atoms with E-state index < -0.39 is 0 Å². The largest absolute Gasteiger partial charge is 0.207 e. The van der Waals surface area contributed by atoms with E-state index in [1.165, 1.54) is 88.2 Å². The molecule has 0 bridgehead atoms. The van der Waals surface area contributed by atoms with Crippen molar-refractivity contribution in [3.8, 4) is 0 Å². The Hall–Kier alpha value is -0.850. The SMILES string of the molecule is CCCCCCC1CCC(CCC2CCc3ccc(F)cc3C2)CC1. The number of unbranched alkanes of at least 4 members (excludes halogenated alkanes) is 3. The molecule has 0 nitrogen and oxygen atoms in total. The van der Waals surface area contributed by atoms with Gasteiger partial charge >= 0.3 is 0 Å². The van der Waals surface area contributed by atoms with Crippen molar-refractivity contribution in [1.82, 2.24) is 0 Å². The van der Waals surface area contributed by atoms with Gasteiger partial charge in [0.15, 0.2) is 0 Å². The third-order valence-electron chi connectivity index (χ3n) is 6.91. The van der Waals surface area contributed by atoms with Gasteiger partial charge in [0.05, 0.1) is 0 Å². The van der Waals surface area contributed by atoms with Crippen LogP contribution in [0.5, 0.6) is 0 Å². The fourth-order valence-electron chi connectivity index (χ4n) is 5.19. The summed E-state index contributed by atoms with van der Waals surface area (Å²) in [7, 11) is 0. The van der Waals surface area contributed by atoms with Crippen LogP contribution in [0.4, 0.5) is 4.39 Å². The summed E-state index contributed by atoms with van der Waals surface area (Å²) in [5.41, 5.74) is 2.67. The van der Waals surface area contributed by atoms with E-state index in [1.807, 2.05) is 6.07 Å². The van der Waals surface area contributed by atoms with Crippen molar-refractivity contribution in [2.75, 3.05) is 0 Å². The molecule has 1 saturated carbocycles. The van der Waals surface area contributed by atoms with E-state index in [1.54, 1.807) is 12.1 Å². The Morgan fingerprint density at radius 1 is 0.800 bits per heavy atom. The van der Waals surface area contributed by atoms with Crippen LogP contribution >= 0.6 is 0 Å². The van der Waals surface area contributed by atoms with Crippen molar-refractivity contribution in [3.05, 3.63) is 35.1 Å². The Labute approximate surface area is 154 Å². The Kier molecular flexibility index (Phi) is 7.37. The molecule has 0 amide bonds. The van der Waals surface area contributed by atoms with Crippen LogP contribution in [0, 0.1) is 23.6 Å². The lowest BCUT2D eigenvalue weighted by Gasteiger charge is -2.31. The third-order valence-corrected chi connectivity index (χ3v) is 6.91. The molecular formula is C24H37F.